The first-order valence-corrected chi connectivity index (χ1v) is 9.22. The van der Waals surface area contributed by atoms with E-state index in [1.807, 2.05) is 25.7 Å². The van der Waals surface area contributed by atoms with Crippen molar-refractivity contribution in [1.29, 1.82) is 0 Å². The lowest BCUT2D eigenvalue weighted by molar-refractivity contribution is -0.00711. The Morgan fingerprint density at radius 2 is 1.88 bits per heavy atom. The van der Waals surface area contributed by atoms with E-state index in [-0.39, 0.29) is 36.7 Å². The molecule has 0 aliphatic carbocycles. The van der Waals surface area contributed by atoms with Crippen LogP contribution >= 0.6 is 0 Å². The Morgan fingerprint density at radius 1 is 1.23 bits per heavy atom. The topological polar surface area (TPSA) is 48.0 Å². The zero-order valence-electron chi connectivity index (χ0n) is 16.0. The summed E-state index contributed by atoms with van der Waals surface area (Å²) in [6.45, 7) is 5.86. The third-order valence-electron chi connectivity index (χ3n) is 4.91. The minimum atomic E-state index is -0.490. The molecule has 0 N–H and O–H groups in total. The van der Waals surface area contributed by atoms with E-state index in [4.69, 9.17) is 14.2 Å². The number of carbonyl (C=O) groups excluding carboxylic acids is 1. The summed E-state index contributed by atoms with van der Waals surface area (Å²) in [5.41, 5.74) is -0.00501. The zero-order valence-corrected chi connectivity index (χ0v) is 16.0. The van der Waals surface area contributed by atoms with Crippen LogP contribution in [0.5, 0.6) is 5.75 Å². The van der Waals surface area contributed by atoms with Gasteiger partial charge in [0, 0.05) is 37.6 Å². The van der Waals surface area contributed by atoms with E-state index in [0.717, 1.165) is 25.7 Å². The number of halogens is 1. The van der Waals surface area contributed by atoms with Gasteiger partial charge < -0.3 is 19.1 Å². The van der Waals surface area contributed by atoms with Crippen LogP contribution in [0.25, 0.3) is 0 Å². The molecule has 3 rings (SSSR count). The highest BCUT2D eigenvalue weighted by Crippen LogP contribution is 2.38. The van der Waals surface area contributed by atoms with Gasteiger partial charge >= 0.3 is 6.09 Å². The molecule has 2 saturated heterocycles. The standard InChI is InChI=1S/C20H28FNO4/c1-20(2,3)26-19(23)22-14-5-6-15(22)11-17(10-14)25-16-7-8-18(21)13(9-16)12-24-4/h7-9,14-15,17H,5-6,10-12H2,1-4H3/t14-,15+,17?. The van der Waals surface area contributed by atoms with Crippen LogP contribution in [0.15, 0.2) is 18.2 Å². The van der Waals surface area contributed by atoms with Crippen LogP contribution in [0, 0.1) is 5.82 Å². The average molecular weight is 365 g/mol. The van der Waals surface area contributed by atoms with Gasteiger partial charge in [0.05, 0.1) is 6.61 Å². The van der Waals surface area contributed by atoms with Gasteiger partial charge in [0.2, 0.25) is 0 Å². The summed E-state index contributed by atoms with van der Waals surface area (Å²) in [6, 6.07) is 5.05. The van der Waals surface area contributed by atoms with Gasteiger partial charge in [-0.15, -0.1) is 0 Å². The van der Waals surface area contributed by atoms with Gasteiger partial charge in [-0.3, -0.25) is 0 Å². The van der Waals surface area contributed by atoms with Crippen LogP contribution in [-0.2, 0) is 16.1 Å². The molecule has 2 heterocycles. The fourth-order valence-electron chi connectivity index (χ4n) is 3.92. The molecule has 1 unspecified atom stereocenters. The number of amides is 1. The van der Waals surface area contributed by atoms with Crippen LogP contribution in [-0.4, -0.2) is 41.9 Å². The van der Waals surface area contributed by atoms with Crippen LogP contribution < -0.4 is 4.74 Å². The van der Waals surface area contributed by atoms with Crippen LogP contribution in [0.2, 0.25) is 0 Å². The molecule has 0 saturated carbocycles. The van der Waals surface area contributed by atoms with Gasteiger partial charge in [-0.1, -0.05) is 0 Å². The maximum Gasteiger partial charge on any atom is 0.410 e. The van der Waals surface area contributed by atoms with E-state index in [9.17, 15) is 9.18 Å². The third kappa shape index (κ3) is 4.29. The van der Waals surface area contributed by atoms with E-state index in [1.165, 1.54) is 13.2 Å². The number of hydrogen-bond acceptors (Lipinski definition) is 4. The van der Waals surface area contributed by atoms with Gasteiger partial charge in [0.1, 0.15) is 23.3 Å². The van der Waals surface area contributed by atoms with Crippen molar-refractivity contribution in [3.05, 3.63) is 29.6 Å². The van der Waals surface area contributed by atoms with Crippen molar-refractivity contribution in [2.45, 2.75) is 76.9 Å². The van der Waals surface area contributed by atoms with Crippen LogP contribution in [0.3, 0.4) is 0 Å². The van der Waals surface area contributed by atoms with E-state index in [2.05, 4.69) is 0 Å². The van der Waals surface area contributed by atoms with Crippen molar-refractivity contribution in [3.63, 3.8) is 0 Å². The molecule has 2 aliphatic rings. The molecule has 144 valence electrons. The second-order valence-corrected chi connectivity index (χ2v) is 8.17. The molecule has 2 aliphatic heterocycles. The van der Waals surface area contributed by atoms with Gasteiger partial charge in [0.15, 0.2) is 0 Å². The van der Waals surface area contributed by atoms with E-state index < -0.39 is 5.60 Å². The Hall–Kier alpha value is -1.82. The summed E-state index contributed by atoms with van der Waals surface area (Å²) in [5.74, 6) is 0.354. The summed E-state index contributed by atoms with van der Waals surface area (Å²) in [6.07, 6.45) is 3.28. The number of fused-ring (bicyclic) bond motifs is 2. The number of piperidine rings is 1. The molecule has 2 fully saturated rings. The van der Waals surface area contributed by atoms with Crippen molar-refractivity contribution in [2.24, 2.45) is 0 Å². The zero-order chi connectivity index (χ0) is 18.9. The van der Waals surface area contributed by atoms with Crippen molar-refractivity contribution in [3.8, 4) is 5.75 Å². The lowest BCUT2D eigenvalue weighted by Gasteiger charge is -2.39. The normalized spacial score (nSPS) is 25.3. The van der Waals surface area contributed by atoms with Gasteiger partial charge in [0.25, 0.3) is 0 Å². The highest BCUT2D eigenvalue weighted by Gasteiger charge is 2.45. The SMILES string of the molecule is COCc1cc(OC2C[C@H]3CC[C@@H](C2)N3C(=O)OC(C)(C)C)ccc1F. The first-order valence-electron chi connectivity index (χ1n) is 9.22. The molecule has 5 nitrogen and oxygen atoms in total. The predicted octanol–water partition coefficient (Wildman–Crippen LogP) is 4.28. The van der Waals surface area contributed by atoms with Crippen LogP contribution in [0.4, 0.5) is 9.18 Å². The Balaban J connectivity index is 1.64. The fraction of sp³-hybridized carbons (Fsp3) is 0.650. The Morgan fingerprint density at radius 3 is 2.46 bits per heavy atom. The van der Waals surface area contributed by atoms with Crippen LogP contribution in [0.1, 0.15) is 52.0 Å². The number of benzene rings is 1. The monoisotopic (exact) mass is 365 g/mol. The third-order valence-corrected chi connectivity index (χ3v) is 4.91. The number of rotatable bonds is 4. The van der Waals surface area contributed by atoms with Crippen molar-refractivity contribution >= 4 is 6.09 Å². The first-order chi connectivity index (χ1) is 12.3. The molecule has 0 radical (unpaired) electrons. The van der Waals surface area contributed by atoms with Gasteiger partial charge in [-0.2, -0.15) is 0 Å². The predicted molar refractivity (Wildman–Crippen MR) is 95.6 cm³/mol. The molecule has 0 spiro atoms. The van der Waals surface area contributed by atoms with Crippen molar-refractivity contribution < 1.29 is 23.4 Å². The van der Waals surface area contributed by atoms with Crippen molar-refractivity contribution in [2.75, 3.05) is 7.11 Å². The molecule has 1 amide bonds. The quantitative estimate of drug-likeness (QED) is 0.799. The highest BCUT2D eigenvalue weighted by atomic mass is 19.1. The molecule has 1 aromatic carbocycles. The summed E-state index contributed by atoms with van der Waals surface area (Å²) in [4.78, 5) is 14.4. The summed E-state index contributed by atoms with van der Waals surface area (Å²) >= 11 is 0. The number of nitrogens with zero attached hydrogens (tertiary/aromatic N) is 1. The number of hydrogen-bond donors (Lipinski definition) is 0. The smallest absolute Gasteiger partial charge is 0.410 e. The molecule has 26 heavy (non-hydrogen) atoms. The minimum Gasteiger partial charge on any atom is -0.490 e. The minimum absolute atomic E-state index is 0.0204. The summed E-state index contributed by atoms with van der Waals surface area (Å²) in [5, 5.41) is 0. The molecule has 1 aromatic rings. The number of carbonyl (C=O) groups is 1. The lowest BCUT2D eigenvalue weighted by Crippen LogP contribution is -2.50. The second-order valence-electron chi connectivity index (χ2n) is 8.17. The number of ether oxygens (including phenoxy) is 3. The molecule has 3 atom stereocenters. The molecule has 0 aromatic heterocycles. The maximum atomic E-state index is 13.8. The maximum absolute atomic E-state index is 13.8. The Kier molecular flexibility index (Phi) is 5.42. The largest absolute Gasteiger partial charge is 0.490 e. The molecule has 2 bridgehead atoms. The van der Waals surface area contributed by atoms with Crippen molar-refractivity contribution in [1.82, 2.24) is 4.90 Å². The molecular weight excluding hydrogens is 337 g/mol. The van der Waals surface area contributed by atoms with Gasteiger partial charge in [-0.05, 0) is 51.8 Å². The fourth-order valence-corrected chi connectivity index (χ4v) is 3.92. The second kappa shape index (κ2) is 7.43. The summed E-state index contributed by atoms with van der Waals surface area (Å²) in [7, 11) is 1.54. The highest BCUT2D eigenvalue weighted by molar-refractivity contribution is 5.69. The van der Waals surface area contributed by atoms with E-state index in [1.54, 1.807) is 12.1 Å². The molecular formula is C20H28FNO4. The Labute approximate surface area is 154 Å². The average Bonchev–Trinajstić information content (AvgIpc) is 2.81. The first kappa shape index (κ1) is 19.0. The van der Waals surface area contributed by atoms with E-state index >= 15 is 0 Å². The molecule has 6 heteroatoms. The van der Waals surface area contributed by atoms with Gasteiger partial charge in [-0.25, -0.2) is 9.18 Å². The number of methoxy groups -OCH3 is 1. The van der Waals surface area contributed by atoms with E-state index in [0.29, 0.717) is 11.3 Å². The summed E-state index contributed by atoms with van der Waals surface area (Å²) < 4.78 is 30.4. The lowest BCUT2D eigenvalue weighted by atomic mass is 10.00. The Bertz CT molecular complexity index is 644.